The lowest BCUT2D eigenvalue weighted by Crippen LogP contribution is -2.15. The Balaban J connectivity index is 1.55. The largest absolute Gasteiger partial charge is 0.458 e. The third-order valence-corrected chi connectivity index (χ3v) is 5.02. The molecule has 0 aliphatic carbocycles. The molecule has 0 saturated heterocycles. The van der Waals surface area contributed by atoms with Gasteiger partial charge in [0.1, 0.15) is 5.01 Å². The van der Waals surface area contributed by atoms with Gasteiger partial charge in [-0.2, -0.15) is 0 Å². The quantitative estimate of drug-likeness (QED) is 0.311. The summed E-state index contributed by atoms with van der Waals surface area (Å²) in [6.07, 6.45) is 5.85. The van der Waals surface area contributed by atoms with E-state index >= 15 is 0 Å². The van der Waals surface area contributed by atoms with E-state index in [0.29, 0.717) is 10.6 Å². The minimum atomic E-state index is -0.484. The van der Waals surface area contributed by atoms with Gasteiger partial charge in [-0.3, -0.25) is 15.1 Å². The van der Waals surface area contributed by atoms with Crippen molar-refractivity contribution in [3.8, 4) is 10.6 Å². The third-order valence-electron chi connectivity index (χ3n) is 4.12. The molecule has 0 aliphatic heterocycles. The zero-order chi connectivity index (χ0) is 19.9. The maximum atomic E-state index is 12.3. The molecule has 0 saturated carbocycles. The minimum absolute atomic E-state index is 0.0148. The molecule has 1 atom stereocenters. The molecule has 0 amide bonds. The Morgan fingerprint density at radius 2 is 2.18 bits per heavy atom. The van der Waals surface area contributed by atoms with Gasteiger partial charge in [-0.15, -0.1) is 11.3 Å². The van der Waals surface area contributed by atoms with Crippen molar-refractivity contribution in [2.45, 2.75) is 32.3 Å². The number of rotatable bonds is 8. The van der Waals surface area contributed by atoms with Gasteiger partial charge in [0.15, 0.2) is 5.69 Å². The number of non-ortho nitro benzene ring substituents is 1. The van der Waals surface area contributed by atoms with Crippen LogP contribution in [0.3, 0.4) is 0 Å². The Hall–Kier alpha value is -3.13. The minimum Gasteiger partial charge on any atom is -0.458 e. The number of thiazole rings is 1. The molecule has 0 N–H and O–H groups in total. The number of ether oxygens (including phenoxy) is 1. The SMILES string of the molecule is CC(CCCc1cccnc1)OC(=O)c1csc(-c2cccc([N+](=O)[O-])c2)n1. The van der Waals surface area contributed by atoms with Crippen LogP contribution in [0.2, 0.25) is 0 Å². The van der Waals surface area contributed by atoms with Crippen LogP contribution in [0.1, 0.15) is 35.8 Å². The molecular weight excluding hydrogens is 378 g/mol. The van der Waals surface area contributed by atoms with Gasteiger partial charge in [-0.1, -0.05) is 18.2 Å². The second-order valence-corrected chi connectivity index (χ2v) is 7.17. The number of hydrogen-bond donors (Lipinski definition) is 0. The van der Waals surface area contributed by atoms with Crippen LogP contribution in [0.5, 0.6) is 0 Å². The van der Waals surface area contributed by atoms with Gasteiger partial charge >= 0.3 is 5.97 Å². The number of carbonyl (C=O) groups excluding carboxylic acids is 1. The molecule has 0 bridgehead atoms. The van der Waals surface area contributed by atoms with Crippen LogP contribution in [-0.4, -0.2) is 27.0 Å². The Morgan fingerprint density at radius 1 is 1.32 bits per heavy atom. The second-order valence-electron chi connectivity index (χ2n) is 6.31. The first-order chi connectivity index (χ1) is 13.5. The van der Waals surface area contributed by atoms with Crippen molar-refractivity contribution in [3.63, 3.8) is 0 Å². The van der Waals surface area contributed by atoms with E-state index in [-0.39, 0.29) is 17.5 Å². The van der Waals surface area contributed by atoms with Gasteiger partial charge in [0.25, 0.3) is 5.69 Å². The van der Waals surface area contributed by atoms with E-state index in [1.54, 1.807) is 23.7 Å². The predicted octanol–water partition coefficient (Wildman–Crippen LogP) is 4.68. The van der Waals surface area contributed by atoms with Crippen molar-refractivity contribution < 1.29 is 14.5 Å². The summed E-state index contributed by atoms with van der Waals surface area (Å²) in [6, 6.07) is 10.1. The average molecular weight is 397 g/mol. The molecule has 2 aromatic heterocycles. The summed E-state index contributed by atoms with van der Waals surface area (Å²) < 4.78 is 5.47. The van der Waals surface area contributed by atoms with Crippen LogP contribution in [0.15, 0.2) is 54.2 Å². The standard InChI is InChI=1S/C20H19N3O4S/c1-14(5-2-6-15-7-4-10-21-12-15)27-20(24)18-13-28-19(22-18)16-8-3-9-17(11-16)23(25)26/h3-4,7-14H,2,5-6H2,1H3. The summed E-state index contributed by atoms with van der Waals surface area (Å²) in [7, 11) is 0. The normalized spacial score (nSPS) is 11.8. The maximum Gasteiger partial charge on any atom is 0.358 e. The molecule has 28 heavy (non-hydrogen) atoms. The van der Waals surface area contributed by atoms with Gasteiger partial charge < -0.3 is 4.74 Å². The zero-order valence-corrected chi connectivity index (χ0v) is 16.1. The molecular formula is C20H19N3O4S. The van der Waals surface area contributed by atoms with Gasteiger partial charge in [0.2, 0.25) is 0 Å². The van der Waals surface area contributed by atoms with Crippen LogP contribution in [0, 0.1) is 10.1 Å². The van der Waals surface area contributed by atoms with Crippen molar-refractivity contribution in [1.29, 1.82) is 0 Å². The number of esters is 1. The Kier molecular flexibility index (Phi) is 6.44. The number of benzene rings is 1. The highest BCUT2D eigenvalue weighted by atomic mass is 32.1. The number of aromatic nitrogens is 2. The van der Waals surface area contributed by atoms with Gasteiger partial charge in [0.05, 0.1) is 11.0 Å². The summed E-state index contributed by atoms with van der Waals surface area (Å²) in [5.41, 5.74) is 1.95. The number of nitrogens with zero attached hydrogens (tertiary/aromatic N) is 3. The first kappa shape index (κ1) is 19.6. The summed E-state index contributed by atoms with van der Waals surface area (Å²) in [5, 5.41) is 13.1. The molecule has 0 radical (unpaired) electrons. The summed E-state index contributed by atoms with van der Waals surface area (Å²) in [5.74, 6) is -0.484. The first-order valence-corrected chi connectivity index (χ1v) is 9.71. The number of nitro benzene ring substituents is 1. The Labute approximate surface area is 166 Å². The summed E-state index contributed by atoms with van der Waals surface area (Å²) in [6.45, 7) is 1.86. The van der Waals surface area contributed by atoms with Gasteiger partial charge in [-0.05, 0) is 37.8 Å². The monoisotopic (exact) mass is 397 g/mol. The van der Waals surface area contributed by atoms with Crippen molar-refractivity contribution in [3.05, 3.63) is 75.5 Å². The fourth-order valence-electron chi connectivity index (χ4n) is 2.69. The summed E-state index contributed by atoms with van der Waals surface area (Å²) >= 11 is 1.25. The molecule has 2 heterocycles. The van der Waals surface area contributed by atoms with Gasteiger partial charge in [0, 0.05) is 35.5 Å². The molecule has 0 aliphatic rings. The first-order valence-electron chi connectivity index (χ1n) is 8.83. The second kappa shape index (κ2) is 9.18. The number of aryl methyl sites for hydroxylation is 1. The molecule has 1 unspecified atom stereocenters. The maximum absolute atomic E-state index is 12.3. The number of nitro groups is 1. The fraction of sp³-hybridized carbons (Fsp3) is 0.250. The molecule has 3 rings (SSSR count). The van der Waals surface area contributed by atoms with E-state index in [1.807, 2.05) is 25.3 Å². The van der Waals surface area contributed by atoms with E-state index in [1.165, 1.54) is 23.5 Å². The van der Waals surface area contributed by atoms with Crippen molar-refractivity contribution in [1.82, 2.24) is 9.97 Å². The lowest BCUT2D eigenvalue weighted by Gasteiger charge is -2.12. The smallest absolute Gasteiger partial charge is 0.358 e. The Bertz CT molecular complexity index is 959. The topological polar surface area (TPSA) is 95.2 Å². The zero-order valence-electron chi connectivity index (χ0n) is 15.3. The fourth-order valence-corrected chi connectivity index (χ4v) is 3.48. The highest BCUT2D eigenvalue weighted by Gasteiger charge is 2.17. The van der Waals surface area contributed by atoms with Crippen LogP contribution < -0.4 is 0 Å². The summed E-state index contributed by atoms with van der Waals surface area (Å²) in [4.78, 5) is 31.1. The van der Waals surface area contributed by atoms with Crippen LogP contribution >= 0.6 is 11.3 Å². The lowest BCUT2D eigenvalue weighted by molar-refractivity contribution is -0.384. The number of pyridine rings is 1. The van der Waals surface area contributed by atoms with Crippen LogP contribution in [0.4, 0.5) is 5.69 Å². The van der Waals surface area contributed by atoms with Crippen LogP contribution in [-0.2, 0) is 11.2 Å². The van der Waals surface area contributed by atoms with E-state index in [0.717, 1.165) is 24.8 Å². The van der Waals surface area contributed by atoms with E-state index < -0.39 is 10.9 Å². The number of hydrogen-bond acceptors (Lipinski definition) is 7. The highest BCUT2D eigenvalue weighted by Crippen LogP contribution is 2.27. The van der Waals surface area contributed by atoms with Gasteiger partial charge in [-0.25, -0.2) is 9.78 Å². The molecule has 0 fully saturated rings. The molecule has 144 valence electrons. The predicted molar refractivity (Wildman–Crippen MR) is 106 cm³/mol. The molecule has 1 aromatic carbocycles. The van der Waals surface area contributed by atoms with E-state index in [2.05, 4.69) is 9.97 Å². The van der Waals surface area contributed by atoms with Crippen molar-refractivity contribution in [2.75, 3.05) is 0 Å². The Morgan fingerprint density at radius 3 is 2.93 bits per heavy atom. The molecule has 0 spiro atoms. The van der Waals surface area contributed by atoms with Crippen molar-refractivity contribution in [2.24, 2.45) is 0 Å². The lowest BCUT2D eigenvalue weighted by atomic mass is 10.1. The van der Waals surface area contributed by atoms with E-state index in [4.69, 9.17) is 4.74 Å². The molecule has 8 heteroatoms. The molecule has 3 aromatic rings. The van der Waals surface area contributed by atoms with E-state index in [9.17, 15) is 14.9 Å². The molecule has 7 nitrogen and oxygen atoms in total. The average Bonchev–Trinajstić information content (AvgIpc) is 3.19. The van der Waals surface area contributed by atoms with Crippen LogP contribution in [0.25, 0.3) is 10.6 Å². The third kappa shape index (κ3) is 5.20. The van der Waals surface area contributed by atoms with Crippen molar-refractivity contribution >= 4 is 23.0 Å². The highest BCUT2D eigenvalue weighted by molar-refractivity contribution is 7.13. The number of carbonyl (C=O) groups is 1.